The van der Waals surface area contributed by atoms with E-state index in [4.69, 9.17) is 31.8 Å². The van der Waals surface area contributed by atoms with E-state index in [0.29, 0.717) is 23.7 Å². The third-order valence-electron chi connectivity index (χ3n) is 6.13. The lowest BCUT2D eigenvalue weighted by Gasteiger charge is -2.48. The number of nitrogens with two attached hydrogens (primary N) is 1. The van der Waals surface area contributed by atoms with Gasteiger partial charge in [-0.3, -0.25) is 4.79 Å². The second kappa shape index (κ2) is 7.42. The van der Waals surface area contributed by atoms with Crippen LogP contribution in [0.4, 0.5) is 0 Å². The number of nitrogens with one attached hydrogen (secondary N) is 1. The number of aliphatic imine (C=N–C) groups is 1. The molecule has 1 spiro atoms. The molecule has 3 N–H and O–H groups in total. The van der Waals surface area contributed by atoms with Crippen LogP contribution < -0.4 is 15.8 Å². The molecular weight excluding hydrogens is 472 g/mol. The summed E-state index contributed by atoms with van der Waals surface area (Å²) in [6.45, 7) is 0.367. The fourth-order valence-electron chi connectivity index (χ4n) is 4.77. The number of fused-ring (bicyclic) bond motifs is 4. The Morgan fingerprint density at radius 2 is 2.17 bits per heavy atom. The Labute approximate surface area is 187 Å². The molecule has 1 aromatic heterocycles. The molecule has 3 aliphatic rings. The molecule has 1 aromatic carbocycles. The molecule has 9 heteroatoms. The summed E-state index contributed by atoms with van der Waals surface area (Å²) in [7, 11) is 0. The van der Waals surface area contributed by atoms with Crippen LogP contribution in [0.2, 0.25) is 5.02 Å². The van der Waals surface area contributed by atoms with Crippen molar-refractivity contribution in [1.29, 1.82) is 0 Å². The Morgan fingerprint density at radius 1 is 1.30 bits per heavy atom. The molecule has 2 aromatic rings. The Morgan fingerprint density at radius 3 is 2.90 bits per heavy atom. The monoisotopic (exact) mass is 490 g/mol. The lowest BCUT2D eigenvalue weighted by atomic mass is 9.67. The predicted molar refractivity (Wildman–Crippen MR) is 116 cm³/mol. The van der Waals surface area contributed by atoms with Crippen LogP contribution in [0.25, 0.3) is 0 Å². The Hall–Kier alpha value is -2.32. The first kappa shape index (κ1) is 19.6. The molecule has 30 heavy (non-hydrogen) atoms. The van der Waals surface area contributed by atoms with Crippen molar-refractivity contribution < 1.29 is 14.3 Å². The van der Waals surface area contributed by atoms with Crippen molar-refractivity contribution in [2.75, 3.05) is 6.61 Å². The van der Waals surface area contributed by atoms with Crippen LogP contribution >= 0.6 is 27.5 Å². The van der Waals surface area contributed by atoms with Crippen LogP contribution in [-0.4, -0.2) is 35.7 Å². The van der Waals surface area contributed by atoms with Gasteiger partial charge >= 0.3 is 0 Å². The molecule has 1 saturated carbocycles. The molecule has 0 saturated heterocycles. The number of rotatable bonds is 2. The van der Waals surface area contributed by atoms with E-state index in [1.54, 1.807) is 12.1 Å². The number of hydrogen-bond acceptors (Lipinski definition) is 6. The standard InChI is InChI=1S/C21H20BrClN4O3/c22-11-1-5-17-14(7-11)21(10-29-20(24)27-21)15-8-13(3-6-18(15)30-17)26-19(28)16-4-2-12(23)9-25-16/h1-2,4-5,7,9,13,15,18H,3,6,8,10H2,(H2,24,27)(H,26,28)/t13-,15-,18-,21-/m1/s1. The number of hydrogen-bond donors (Lipinski definition) is 2. The van der Waals surface area contributed by atoms with E-state index < -0.39 is 5.54 Å². The van der Waals surface area contributed by atoms with Gasteiger partial charge in [0.1, 0.15) is 29.7 Å². The van der Waals surface area contributed by atoms with Crippen molar-refractivity contribution in [1.82, 2.24) is 10.3 Å². The van der Waals surface area contributed by atoms with Crippen molar-refractivity contribution in [2.24, 2.45) is 16.6 Å². The molecule has 2 aliphatic heterocycles. The highest BCUT2D eigenvalue weighted by atomic mass is 79.9. The molecule has 0 bridgehead atoms. The highest BCUT2D eigenvalue weighted by Crippen LogP contribution is 2.52. The normalized spacial score (nSPS) is 29.3. The van der Waals surface area contributed by atoms with E-state index >= 15 is 0 Å². The first-order chi connectivity index (χ1) is 14.4. The quantitative estimate of drug-likeness (QED) is 0.671. The van der Waals surface area contributed by atoms with Gasteiger partial charge in [0.15, 0.2) is 0 Å². The van der Waals surface area contributed by atoms with Crippen LogP contribution in [-0.2, 0) is 10.3 Å². The smallest absolute Gasteiger partial charge is 0.283 e. The summed E-state index contributed by atoms with van der Waals surface area (Å²) in [6.07, 6.45) is 3.77. The highest BCUT2D eigenvalue weighted by Gasteiger charge is 2.55. The number of amides is 1. The van der Waals surface area contributed by atoms with Crippen molar-refractivity contribution in [3.63, 3.8) is 0 Å². The molecule has 1 fully saturated rings. The summed E-state index contributed by atoms with van der Waals surface area (Å²) in [5, 5.41) is 3.61. The zero-order valence-corrected chi connectivity index (χ0v) is 18.3. The summed E-state index contributed by atoms with van der Waals surface area (Å²) in [5.74, 6) is 0.627. The van der Waals surface area contributed by atoms with Gasteiger partial charge in [0.05, 0.1) is 5.02 Å². The molecule has 4 atom stereocenters. The van der Waals surface area contributed by atoms with Gasteiger partial charge in [-0.05, 0) is 49.6 Å². The lowest BCUT2D eigenvalue weighted by molar-refractivity contribution is -0.00194. The molecule has 1 aliphatic carbocycles. The molecule has 1 amide bonds. The average Bonchev–Trinajstić information content (AvgIpc) is 3.12. The summed E-state index contributed by atoms with van der Waals surface area (Å²) in [4.78, 5) is 21.5. The van der Waals surface area contributed by atoms with Gasteiger partial charge in [-0.15, -0.1) is 0 Å². The summed E-state index contributed by atoms with van der Waals surface area (Å²) in [5.41, 5.74) is 6.64. The number of pyridine rings is 1. The van der Waals surface area contributed by atoms with Crippen LogP contribution in [0.3, 0.4) is 0 Å². The minimum Gasteiger partial charge on any atom is -0.490 e. The molecular formula is C21H20BrClN4O3. The Bertz CT molecular complexity index is 1030. The van der Waals surface area contributed by atoms with Crippen LogP contribution in [0.5, 0.6) is 5.75 Å². The molecule has 7 nitrogen and oxygen atoms in total. The van der Waals surface area contributed by atoms with Crippen molar-refractivity contribution in [2.45, 2.75) is 36.9 Å². The number of ether oxygens (including phenoxy) is 2. The van der Waals surface area contributed by atoms with Crippen molar-refractivity contribution in [3.05, 3.63) is 57.3 Å². The summed E-state index contributed by atoms with van der Waals surface area (Å²) >= 11 is 9.42. The first-order valence-corrected chi connectivity index (χ1v) is 11.0. The second-order valence-corrected chi connectivity index (χ2v) is 9.26. The van der Waals surface area contributed by atoms with Crippen LogP contribution in [0.1, 0.15) is 35.3 Å². The van der Waals surface area contributed by atoms with Gasteiger partial charge in [-0.25, -0.2) is 9.98 Å². The minimum atomic E-state index is -0.617. The number of aromatic nitrogens is 1. The predicted octanol–water partition coefficient (Wildman–Crippen LogP) is 3.40. The third kappa shape index (κ3) is 3.32. The Kier molecular flexibility index (Phi) is 4.86. The first-order valence-electron chi connectivity index (χ1n) is 9.82. The number of amidine groups is 1. The van der Waals surface area contributed by atoms with Crippen LogP contribution in [0.15, 0.2) is 46.0 Å². The van der Waals surface area contributed by atoms with E-state index in [9.17, 15) is 4.79 Å². The number of carbonyl (C=O) groups excluding carboxylic acids is 1. The largest absolute Gasteiger partial charge is 0.490 e. The molecule has 3 heterocycles. The summed E-state index contributed by atoms with van der Waals surface area (Å²) < 4.78 is 12.9. The maximum Gasteiger partial charge on any atom is 0.283 e. The van der Waals surface area contributed by atoms with Gasteiger partial charge in [-0.2, -0.15) is 0 Å². The highest BCUT2D eigenvalue weighted by molar-refractivity contribution is 9.10. The third-order valence-corrected chi connectivity index (χ3v) is 6.85. The minimum absolute atomic E-state index is 0.0151. The average molecular weight is 492 g/mol. The maximum atomic E-state index is 12.7. The topological polar surface area (TPSA) is 98.8 Å². The van der Waals surface area contributed by atoms with Gasteiger partial charge in [0.25, 0.3) is 11.9 Å². The fraction of sp³-hybridized carbons (Fsp3) is 0.381. The Balaban J connectivity index is 1.43. The van der Waals surface area contributed by atoms with E-state index in [1.807, 2.05) is 18.2 Å². The van der Waals surface area contributed by atoms with Gasteiger partial charge in [0.2, 0.25) is 0 Å². The molecule has 5 rings (SSSR count). The van der Waals surface area contributed by atoms with Crippen LogP contribution in [0, 0.1) is 5.92 Å². The summed E-state index contributed by atoms with van der Waals surface area (Å²) in [6, 6.07) is 9.39. The molecule has 156 valence electrons. The SMILES string of the molecule is NC1=N[C@]2(CO1)c1cc(Br)ccc1O[C@@H]1CC[C@@H](NC(=O)c3ccc(Cl)cn3)C[C@H]12. The van der Waals surface area contributed by atoms with Gasteiger partial charge in [0, 0.05) is 28.2 Å². The molecule has 0 unspecified atom stereocenters. The molecule has 0 radical (unpaired) electrons. The fourth-order valence-corrected chi connectivity index (χ4v) is 5.24. The number of carbonyl (C=O) groups is 1. The van der Waals surface area contributed by atoms with Gasteiger partial charge in [-0.1, -0.05) is 27.5 Å². The van der Waals surface area contributed by atoms with E-state index in [1.165, 1.54) is 6.20 Å². The zero-order valence-electron chi connectivity index (χ0n) is 16.0. The second-order valence-electron chi connectivity index (χ2n) is 7.91. The zero-order chi connectivity index (χ0) is 20.9. The van der Waals surface area contributed by atoms with E-state index in [0.717, 1.165) is 28.6 Å². The maximum absolute atomic E-state index is 12.7. The number of halogens is 2. The lowest BCUT2D eigenvalue weighted by Crippen LogP contribution is -2.54. The number of nitrogens with zero attached hydrogens (tertiary/aromatic N) is 2. The van der Waals surface area contributed by atoms with Gasteiger partial charge < -0.3 is 20.5 Å². The number of benzene rings is 1. The van der Waals surface area contributed by atoms with E-state index in [-0.39, 0.29) is 30.0 Å². The van der Waals surface area contributed by atoms with Crippen molar-refractivity contribution >= 4 is 39.5 Å². The van der Waals surface area contributed by atoms with Crippen molar-refractivity contribution in [3.8, 4) is 5.75 Å². The van der Waals surface area contributed by atoms with E-state index in [2.05, 4.69) is 26.2 Å².